The van der Waals surface area contributed by atoms with Crippen molar-refractivity contribution in [2.75, 3.05) is 7.11 Å². The van der Waals surface area contributed by atoms with Gasteiger partial charge in [0, 0.05) is 11.6 Å². The second-order valence-electron chi connectivity index (χ2n) is 4.10. The Morgan fingerprint density at radius 1 is 1.38 bits per heavy atom. The zero-order valence-electron chi connectivity index (χ0n) is 9.87. The summed E-state index contributed by atoms with van der Waals surface area (Å²) < 4.78 is 18.7. The molecule has 0 aliphatic carbocycles. The van der Waals surface area contributed by atoms with Crippen LogP contribution in [0.5, 0.6) is 5.75 Å². The van der Waals surface area contributed by atoms with E-state index in [2.05, 4.69) is 13.8 Å². The average Bonchev–Trinajstić information content (AvgIpc) is 2.17. The smallest absolute Gasteiger partial charge is 0.169 e. The maximum atomic E-state index is 13.8. The summed E-state index contributed by atoms with van der Waals surface area (Å²) in [5.74, 6) is 0.366. The second kappa shape index (κ2) is 6.71. The first kappa shape index (κ1) is 15.2. The first-order valence-electron chi connectivity index (χ1n) is 5.14. The van der Waals surface area contributed by atoms with E-state index in [0.29, 0.717) is 11.5 Å². The van der Waals surface area contributed by atoms with Gasteiger partial charge in [-0.15, -0.1) is 12.4 Å². The molecule has 4 heteroatoms. The Labute approximate surface area is 102 Å². The third-order valence-corrected chi connectivity index (χ3v) is 2.34. The van der Waals surface area contributed by atoms with E-state index in [1.165, 1.54) is 7.11 Å². The van der Waals surface area contributed by atoms with E-state index in [-0.39, 0.29) is 30.0 Å². The Kier molecular flexibility index (Phi) is 6.38. The molecular formula is C12H19ClFNO. The molecule has 0 fully saturated rings. The van der Waals surface area contributed by atoms with Crippen LogP contribution in [0.1, 0.15) is 31.9 Å². The van der Waals surface area contributed by atoms with Crippen LogP contribution >= 0.6 is 12.4 Å². The van der Waals surface area contributed by atoms with Crippen molar-refractivity contribution in [3.05, 3.63) is 29.6 Å². The Bertz CT molecular complexity index is 331. The normalized spacial score (nSPS) is 12.1. The van der Waals surface area contributed by atoms with E-state index >= 15 is 0 Å². The summed E-state index contributed by atoms with van der Waals surface area (Å²) in [7, 11) is 1.45. The summed E-state index contributed by atoms with van der Waals surface area (Å²) in [6, 6.07) is 4.81. The number of halogens is 2. The molecule has 16 heavy (non-hydrogen) atoms. The summed E-state index contributed by atoms with van der Waals surface area (Å²) in [6.07, 6.45) is 0.768. The molecule has 1 atom stereocenters. The number of ether oxygens (including phenoxy) is 1. The highest BCUT2D eigenvalue weighted by molar-refractivity contribution is 5.85. The van der Waals surface area contributed by atoms with Gasteiger partial charge >= 0.3 is 0 Å². The van der Waals surface area contributed by atoms with E-state index in [1.54, 1.807) is 18.2 Å². The van der Waals surface area contributed by atoms with Gasteiger partial charge < -0.3 is 10.5 Å². The molecule has 1 aromatic carbocycles. The SMILES string of the molecule is COc1cccc([C@H](N)CC(C)C)c1F.Cl. The molecule has 2 N–H and O–H groups in total. The number of methoxy groups -OCH3 is 1. The van der Waals surface area contributed by atoms with Gasteiger partial charge in [0.15, 0.2) is 11.6 Å². The van der Waals surface area contributed by atoms with Gasteiger partial charge in [0.1, 0.15) is 0 Å². The van der Waals surface area contributed by atoms with Crippen LogP contribution in [-0.4, -0.2) is 7.11 Å². The Balaban J connectivity index is 0.00000225. The molecule has 1 rings (SSSR count). The lowest BCUT2D eigenvalue weighted by Gasteiger charge is -2.16. The minimum atomic E-state index is -0.340. The molecule has 1 aromatic rings. The largest absolute Gasteiger partial charge is 0.494 e. The standard InChI is InChI=1S/C12H18FNO.ClH/c1-8(2)7-10(14)9-5-4-6-11(15-3)12(9)13;/h4-6,8,10H,7,14H2,1-3H3;1H/t10-;/m1./s1. The highest BCUT2D eigenvalue weighted by Gasteiger charge is 2.15. The quantitative estimate of drug-likeness (QED) is 0.886. The van der Waals surface area contributed by atoms with Crippen LogP contribution in [0.3, 0.4) is 0 Å². The Morgan fingerprint density at radius 3 is 2.50 bits per heavy atom. The van der Waals surface area contributed by atoms with Crippen molar-refractivity contribution in [2.45, 2.75) is 26.3 Å². The third kappa shape index (κ3) is 3.65. The molecule has 0 unspecified atom stereocenters. The van der Waals surface area contributed by atoms with Gasteiger partial charge in [0.25, 0.3) is 0 Å². The maximum absolute atomic E-state index is 13.8. The topological polar surface area (TPSA) is 35.2 Å². The summed E-state index contributed by atoms with van der Waals surface area (Å²) >= 11 is 0. The number of hydrogen-bond donors (Lipinski definition) is 1. The molecule has 0 aliphatic heterocycles. The monoisotopic (exact) mass is 247 g/mol. The molecule has 0 radical (unpaired) electrons. The lowest BCUT2D eigenvalue weighted by molar-refractivity contribution is 0.379. The summed E-state index contributed by atoms with van der Waals surface area (Å²) in [4.78, 5) is 0. The minimum absolute atomic E-state index is 0. The number of hydrogen-bond acceptors (Lipinski definition) is 2. The zero-order valence-corrected chi connectivity index (χ0v) is 10.7. The van der Waals surface area contributed by atoms with Crippen molar-refractivity contribution in [1.29, 1.82) is 0 Å². The van der Waals surface area contributed by atoms with Gasteiger partial charge in [0.05, 0.1) is 7.11 Å². The van der Waals surface area contributed by atoms with Crippen LogP contribution in [0.25, 0.3) is 0 Å². The summed E-state index contributed by atoms with van der Waals surface area (Å²) in [6.45, 7) is 4.13. The highest BCUT2D eigenvalue weighted by atomic mass is 35.5. The van der Waals surface area contributed by atoms with Crippen molar-refractivity contribution >= 4 is 12.4 Å². The maximum Gasteiger partial charge on any atom is 0.169 e. The van der Waals surface area contributed by atoms with E-state index in [9.17, 15) is 4.39 Å². The fourth-order valence-corrected chi connectivity index (χ4v) is 1.61. The number of nitrogens with two attached hydrogens (primary N) is 1. The average molecular weight is 248 g/mol. The molecule has 0 saturated carbocycles. The summed E-state index contributed by atoms with van der Waals surface area (Å²) in [5.41, 5.74) is 6.46. The molecule has 0 spiro atoms. The molecular weight excluding hydrogens is 229 g/mol. The Hall–Kier alpha value is -0.800. The molecule has 0 heterocycles. The van der Waals surface area contributed by atoms with E-state index in [0.717, 1.165) is 6.42 Å². The van der Waals surface area contributed by atoms with Crippen LogP contribution in [0, 0.1) is 11.7 Å². The number of benzene rings is 1. The lowest BCUT2D eigenvalue weighted by Crippen LogP contribution is -2.14. The third-order valence-electron chi connectivity index (χ3n) is 2.34. The van der Waals surface area contributed by atoms with Crippen molar-refractivity contribution in [3.8, 4) is 5.75 Å². The highest BCUT2D eigenvalue weighted by Crippen LogP contribution is 2.26. The van der Waals surface area contributed by atoms with Gasteiger partial charge in [0.2, 0.25) is 0 Å². The molecule has 0 amide bonds. The van der Waals surface area contributed by atoms with Crippen LogP contribution in [0.15, 0.2) is 18.2 Å². The van der Waals surface area contributed by atoms with Crippen LogP contribution in [0.2, 0.25) is 0 Å². The van der Waals surface area contributed by atoms with Crippen LogP contribution < -0.4 is 10.5 Å². The zero-order chi connectivity index (χ0) is 11.4. The van der Waals surface area contributed by atoms with E-state index in [1.807, 2.05) is 0 Å². The predicted molar refractivity (Wildman–Crippen MR) is 66.6 cm³/mol. The van der Waals surface area contributed by atoms with Gasteiger partial charge in [-0.3, -0.25) is 0 Å². The van der Waals surface area contributed by atoms with E-state index < -0.39 is 0 Å². The van der Waals surface area contributed by atoms with Crippen molar-refractivity contribution in [1.82, 2.24) is 0 Å². The fraction of sp³-hybridized carbons (Fsp3) is 0.500. The van der Waals surface area contributed by atoms with Crippen LogP contribution in [-0.2, 0) is 0 Å². The van der Waals surface area contributed by atoms with Crippen molar-refractivity contribution < 1.29 is 9.13 Å². The lowest BCUT2D eigenvalue weighted by atomic mass is 9.97. The fourth-order valence-electron chi connectivity index (χ4n) is 1.61. The molecule has 0 aromatic heterocycles. The van der Waals surface area contributed by atoms with E-state index in [4.69, 9.17) is 10.5 Å². The van der Waals surface area contributed by atoms with Gasteiger partial charge in [-0.25, -0.2) is 4.39 Å². The molecule has 0 saturated heterocycles. The molecule has 0 bridgehead atoms. The number of rotatable bonds is 4. The predicted octanol–water partition coefficient (Wildman–Crippen LogP) is 3.30. The summed E-state index contributed by atoms with van der Waals surface area (Å²) in [5, 5.41) is 0. The van der Waals surface area contributed by atoms with Crippen molar-refractivity contribution in [2.24, 2.45) is 11.7 Å². The van der Waals surface area contributed by atoms with Crippen molar-refractivity contribution in [3.63, 3.8) is 0 Å². The van der Waals surface area contributed by atoms with Gasteiger partial charge in [-0.2, -0.15) is 0 Å². The molecule has 0 aliphatic rings. The van der Waals surface area contributed by atoms with Gasteiger partial charge in [-0.05, 0) is 18.4 Å². The van der Waals surface area contributed by atoms with Crippen LogP contribution in [0.4, 0.5) is 4.39 Å². The Morgan fingerprint density at radius 2 is 2.00 bits per heavy atom. The first-order valence-corrected chi connectivity index (χ1v) is 5.14. The van der Waals surface area contributed by atoms with Gasteiger partial charge in [-0.1, -0.05) is 26.0 Å². The molecule has 2 nitrogen and oxygen atoms in total. The molecule has 92 valence electrons. The second-order valence-corrected chi connectivity index (χ2v) is 4.10. The minimum Gasteiger partial charge on any atom is -0.494 e. The first-order chi connectivity index (χ1) is 7.06.